The fraction of sp³-hybridized carbons (Fsp3) is 0.533. The maximum Gasteiger partial charge on any atom is 0.127 e. The van der Waals surface area contributed by atoms with Crippen molar-refractivity contribution in [2.75, 3.05) is 0 Å². The van der Waals surface area contributed by atoms with E-state index in [1.165, 1.54) is 0 Å². The molecule has 19 heavy (non-hydrogen) atoms. The number of hydrogen-bond donors (Lipinski definition) is 0. The summed E-state index contributed by atoms with van der Waals surface area (Å²) in [7, 11) is 0. The zero-order chi connectivity index (χ0) is 14.2. The van der Waals surface area contributed by atoms with Crippen molar-refractivity contribution < 1.29 is 0 Å². The molecule has 0 fully saturated rings. The predicted molar refractivity (Wildman–Crippen MR) is 83.2 cm³/mol. The summed E-state index contributed by atoms with van der Waals surface area (Å²) in [5.41, 5.74) is 2.03. The highest BCUT2D eigenvalue weighted by Crippen LogP contribution is 2.33. The van der Waals surface area contributed by atoms with Gasteiger partial charge in [0.15, 0.2) is 0 Å². The Hall–Kier alpha value is -0.730. The zero-order valence-corrected chi connectivity index (χ0v) is 13.3. The Morgan fingerprint density at radius 1 is 1.26 bits per heavy atom. The van der Waals surface area contributed by atoms with Gasteiger partial charge in [0.1, 0.15) is 5.82 Å². The Labute approximate surface area is 124 Å². The third-order valence-electron chi connectivity index (χ3n) is 3.91. The van der Waals surface area contributed by atoms with Crippen LogP contribution in [0.1, 0.15) is 51.4 Å². The Morgan fingerprint density at radius 2 is 1.95 bits per heavy atom. The van der Waals surface area contributed by atoms with Gasteiger partial charge in [-0.1, -0.05) is 31.9 Å². The van der Waals surface area contributed by atoms with E-state index < -0.39 is 0 Å². The summed E-state index contributed by atoms with van der Waals surface area (Å²) in [5.74, 6) is 1.48. The van der Waals surface area contributed by atoms with Crippen LogP contribution in [0.2, 0.25) is 5.02 Å². The molecule has 1 aromatic heterocycles. The SMILES string of the molecule is CCC(C)C(C)n1c(C(C)Cl)nc2ccc(Cl)cc21. The molecule has 0 saturated carbocycles. The van der Waals surface area contributed by atoms with Crippen molar-refractivity contribution in [2.24, 2.45) is 5.92 Å². The number of halogens is 2. The molecule has 0 spiro atoms. The van der Waals surface area contributed by atoms with Crippen LogP contribution in [0.4, 0.5) is 0 Å². The Kier molecular flexibility index (Phi) is 4.42. The molecule has 0 aliphatic carbocycles. The third kappa shape index (κ3) is 2.75. The second kappa shape index (κ2) is 5.72. The van der Waals surface area contributed by atoms with Crippen LogP contribution in [-0.4, -0.2) is 9.55 Å². The summed E-state index contributed by atoms with van der Waals surface area (Å²) in [5, 5.41) is 0.622. The highest BCUT2D eigenvalue weighted by Gasteiger charge is 2.22. The second-order valence-electron chi connectivity index (χ2n) is 5.22. The van der Waals surface area contributed by atoms with Gasteiger partial charge in [-0.3, -0.25) is 0 Å². The molecule has 104 valence electrons. The van der Waals surface area contributed by atoms with Gasteiger partial charge >= 0.3 is 0 Å². The maximum absolute atomic E-state index is 6.30. The van der Waals surface area contributed by atoms with Crippen molar-refractivity contribution in [3.05, 3.63) is 29.0 Å². The maximum atomic E-state index is 6.30. The molecule has 0 amide bonds. The van der Waals surface area contributed by atoms with Crippen molar-refractivity contribution in [1.29, 1.82) is 0 Å². The Balaban J connectivity index is 2.66. The lowest BCUT2D eigenvalue weighted by Crippen LogP contribution is -2.16. The molecule has 1 aromatic carbocycles. The van der Waals surface area contributed by atoms with Crippen LogP contribution in [0.25, 0.3) is 11.0 Å². The lowest BCUT2D eigenvalue weighted by molar-refractivity contribution is 0.369. The van der Waals surface area contributed by atoms with Gasteiger partial charge in [-0.15, -0.1) is 11.6 Å². The standard InChI is InChI=1S/C15H20Cl2N2/c1-5-9(2)11(4)19-14-8-12(17)6-7-13(14)18-15(19)10(3)16/h6-11H,5H2,1-4H3. The van der Waals surface area contributed by atoms with E-state index >= 15 is 0 Å². The summed E-state index contributed by atoms with van der Waals surface area (Å²) in [6.07, 6.45) is 1.12. The van der Waals surface area contributed by atoms with Crippen LogP contribution in [0, 0.1) is 5.92 Å². The normalized spacial score (nSPS) is 16.5. The van der Waals surface area contributed by atoms with Crippen LogP contribution in [0.5, 0.6) is 0 Å². The molecule has 0 aliphatic heterocycles. The highest BCUT2D eigenvalue weighted by molar-refractivity contribution is 6.31. The van der Waals surface area contributed by atoms with E-state index in [2.05, 4.69) is 30.3 Å². The summed E-state index contributed by atoms with van der Waals surface area (Å²) in [4.78, 5) is 4.66. The average Bonchev–Trinajstić information content (AvgIpc) is 2.75. The van der Waals surface area contributed by atoms with E-state index in [-0.39, 0.29) is 5.38 Å². The topological polar surface area (TPSA) is 17.8 Å². The number of alkyl halides is 1. The lowest BCUT2D eigenvalue weighted by atomic mass is 10.0. The summed E-state index contributed by atoms with van der Waals surface area (Å²) in [6.45, 7) is 8.64. The van der Waals surface area contributed by atoms with E-state index in [0.717, 1.165) is 28.3 Å². The Bertz CT molecular complexity index is 575. The molecule has 0 N–H and O–H groups in total. The van der Waals surface area contributed by atoms with E-state index in [1.54, 1.807) is 0 Å². The summed E-state index contributed by atoms with van der Waals surface area (Å²) >= 11 is 12.4. The molecule has 2 aromatic rings. The lowest BCUT2D eigenvalue weighted by Gasteiger charge is -2.23. The quantitative estimate of drug-likeness (QED) is 0.672. The van der Waals surface area contributed by atoms with E-state index in [0.29, 0.717) is 12.0 Å². The number of nitrogens with zero attached hydrogens (tertiary/aromatic N) is 2. The highest BCUT2D eigenvalue weighted by atomic mass is 35.5. The van der Waals surface area contributed by atoms with Crippen LogP contribution < -0.4 is 0 Å². The van der Waals surface area contributed by atoms with E-state index in [4.69, 9.17) is 23.2 Å². The average molecular weight is 299 g/mol. The smallest absolute Gasteiger partial charge is 0.127 e. The Morgan fingerprint density at radius 3 is 2.53 bits per heavy atom. The molecular formula is C15H20Cl2N2. The van der Waals surface area contributed by atoms with Crippen molar-refractivity contribution in [3.63, 3.8) is 0 Å². The molecule has 2 nitrogen and oxygen atoms in total. The minimum atomic E-state index is -0.113. The molecule has 3 atom stereocenters. The second-order valence-corrected chi connectivity index (χ2v) is 6.31. The summed E-state index contributed by atoms with van der Waals surface area (Å²) < 4.78 is 2.24. The van der Waals surface area contributed by atoms with Crippen molar-refractivity contribution in [1.82, 2.24) is 9.55 Å². The van der Waals surface area contributed by atoms with Crippen LogP contribution in [0.15, 0.2) is 18.2 Å². The number of imidazole rings is 1. The van der Waals surface area contributed by atoms with Gasteiger partial charge in [0.25, 0.3) is 0 Å². The molecule has 0 aliphatic rings. The van der Waals surface area contributed by atoms with Gasteiger partial charge in [-0.25, -0.2) is 4.98 Å². The number of hydrogen-bond acceptors (Lipinski definition) is 1. The van der Waals surface area contributed by atoms with Gasteiger partial charge in [0.2, 0.25) is 0 Å². The van der Waals surface area contributed by atoms with Gasteiger partial charge in [0.05, 0.1) is 16.4 Å². The van der Waals surface area contributed by atoms with Gasteiger partial charge < -0.3 is 4.57 Å². The molecule has 0 saturated heterocycles. The van der Waals surface area contributed by atoms with E-state index in [1.807, 2.05) is 25.1 Å². The van der Waals surface area contributed by atoms with Crippen LogP contribution >= 0.6 is 23.2 Å². The molecule has 0 bridgehead atoms. The zero-order valence-electron chi connectivity index (χ0n) is 11.8. The van der Waals surface area contributed by atoms with Gasteiger partial charge in [-0.05, 0) is 38.0 Å². The molecule has 3 unspecified atom stereocenters. The fourth-order valence-electron chi connectivity index (χ4n) is 2.39. The minimum Gasteiger partial charge on any atom is -0.324 e. The van der Waals surface area contributed by atoms with E-state index in [9.17, 15) is 0 Å². The van der Waals surface area contributed by atoms with Gasteiger partial charge in [0, 0.05) is 11.1 Å². The largest absolute Gasteiger partial charge is 0.324 e. The van der Waals surface area contributed by atoms with Crippen molar-refractivity contribution >= 4 is 34.2 Å². The molecule has 2 rings (SSSR count). The van der Waals surface area contributed by atoms with Crippen molar-refractivity contribution in [3.8, 4) is 0 Å². The van der Waals surface area contributed by atoms with Crippen LogP contribution in [-0.2, 0) is 0 Å². The summed E-state index contributed by atoms with van der Waals surface area (Å²) in [6, 6.07) is 6.16. The molecule has 1 heterocycles. The van der Waals surface area contributed by atoms with Crippen molar-refractivity contribution in [2.45, 2.75) is 45.5 Å². The minimum absolute atomic E-state index is 0.113. The number of rotatable bonds is 4. The predicted octanol–water partition coefficient (Wildman–Crippen LogP) is 5.60. The molecule has 4 heteroatoms. The molecular weight excluding hydrogens is 279 g/mol. The first-order chi connectivity index (χ1) is 8.95. The first-order valence-electron chi connectivity index (χ1n) is 6.77. The fourth-order valence-corrected chi connectivity index (χ4v) is 2.71. The third-order valence-corrected chi connectivity index (χ3v) is 4.34. The first-order valence-corrected chi connectivity index (χ1v) is 7.58. The van der Waals surface area contributed by atoms with Gasteiger partial charge in [-0.2, -0.15) is 0 Å². The monoisotopic (exact) mass is 298 g/mol. The first kappa shape index (κ1) is 14.7. The number of fused-ring (bicyclic) bond motifs is 1. The van der Waals surface area contributed by atoms with Crippen LogP contribution in [0.3, 0.4) is 0 Å². The molecule has 0 radical (unpaired) electrons. The number of benzene rings is 1. The number of aromatic nitrogens is 2.